The summed E-state index contributed by atoms with van der Waals surface area (Å²) < 4.78 is 25.0. The number of aliphatic hydroxyl groups is 1. The first-order valence-corrected chi connectivity index (χ1v) is 10.1. The van der Waals surface area contributed by atoms with Crippen LogP contribution in [-0.4, -0.2) is 72.9 Å². The topological polar surface area (TPSA) is 62.2 Å². The molecule has 162 valence electrons. The van der Waals surface area contributed by atoms with Crippen LogP contribution in [0.2, 0.25) is 0 Å². The summed E-state index contributed by atoms with van der Waals surface area (Å²) in [5.74, 6) is 0.484. The molecule has 1 amide bonds. The van der Waals surface area contributed by atoms with E-state index in [0.29, 0.717) is 36.6 Å². The maximum absolute atomic E-state index is 13.5. The number of benzene rings is 2. The average molecular weight is 416 g/mol. The van der Waals surface area contributed by atoms with Crippen molar-refractivity contribution < 1.29 is 23.8 Å². The Morgan fingerprint density at radius 3 is 2.63 bits per heavy atom. The number of halogens is 1. The number of hydrogen-bond acceptors (Lipinski definition) is 5. The molecule has 1 aliphatic heterocycles. The highest BCUT2D eigenvalue weighted by atomic mass is 19.1. The van der Waals surface area contributed by atoms with Crippen molar-refractivity contribution in [2.75, 3.05) is 40.3 Å². The van der Waals surface area contributed by atoms with Crippen molar-refractivity contribution in [3.8, 4) is 11.5 Å². The molecule has 1 heterocycles. The van der Waals surface area contributed by atoms with Gasteiger partial charge in [-0.2, -0.15) is 0 Å². The van der Waals surface area contributed by atoms with E-state index in [1.165, 1.54) is 12.1 Å². The van der Waals surface area contributed by atoms with Crippen LogP contribution in [0.1, 0.15) is 23.7 Å². The molecule has 2 aromatic carbocycles. The van der Waals surface area contributed by atoms with Crippen LogP contribution in [0.25, 0.3) is 0 Å². The molecule has 1 fully saturated rings. The standard InChI is InChI=1S/C23H29FN2O4/c1-23(28)11-12-26(16-21(23)30-20-6-4-5-18(24)15-20)22(27)17-7-9-19(10-8-17)29-14-13-25(2)3/h4-10,15,21,28H,11-14,16H2,1-3H3/t21-,23-/m0/s1. The molecule has 7 heteroatoms. The van der Waals surface area contributed by atoms with E-state index in [9.17, 15) is 14.3 Å². The van der Waals surface area contributed by atoms with E-state index in [1.54, 1.807) is 48.2 Å². The molecule has 1 N–H and O–H groups in total. The third-order valence-corrected chi connectivity index (χ3v) is 5.24. The Labute approximate surface area is 176 Å². The summed E-state index contributed by atoms with van der Waals surface area (Å²) in [6.45, 7) is 3.68. The van der Waals surface area contributed by atoms with Gasteiger partial charge in [0.2, 0.25) is 0 Å². The zero-order valence-electron chi connectivity index (χ0n) is 17.7. The van der Waals surface area contributed by atoms with Crippen LogP contribution >= 0.6 is 0 Å². The van der Waals surface area contributed by atoms with E-state index in [-0.39, 0.29) is 12.5 Å². The van der Waals surface area contributed by atoms with E-state index in [4.69, 9.17) is 9.47 Å². The number of likely N-dealkylation sites (tertiary alicyclic amines) is 1. The first kappa shape index (κ1) is 22.1. The Morgan fingerprint density at radius 1 is 1.23 bits per heavy atom. The molecule has 0 aliphatic carbocycles. The molecule has 0 radical (unpaired) electrons. The quantitative estimate of drug-likeness (QED) is 0.752. The molecular weight excluding hydrogens is 387 g/mol. The van der Waals surface area contributed by atoms with E-state index in [1.807, 2.05) is 19.0 Å². The molecule has 3 rings (SSSR count). The highest BCUT2D eigenvalue weighted by Crippen LogP contribution is 2.28. The molecule has 0 bridgehead atoms. The molecule has 0 saturated carbocycles. The Balaban J connectivity index is 1.64. The smallest absolute Gasteiger partial charge is 0.253 e. The molecule has 2 atom stereocenters. The minimum atomic E-state index is -1.12. The largest absolute Gasteiger partial charge is 0.492 e. The molecular formula is C23H29FN2O4. The van der Waals surface area contributed by atoms with Gasteiger partial charge in [-0.3, -0.25) is 4.79 Å². The average Bonchev–Trinajstić information content (AvgIpc) is 2.69. The van der Waals surface area contributed by atoms with Crippen LogP contribution in [0.4, 0.5) is 4.39 Å². The third kappa shape index (κ3) is 5.70. The van der Waals surface area contributed by atoms with Crippen LogP contribution in [0.3, 0.4) is 0 Å². The number of hydrogen-bond donors (Lipinski definition) is 1. The van der Waals surface area contributed by atoms with Gasteiger partial charge in [0.05, 0.1) is 6.54 Å². The molecule has 0 unspecified atom stereocenters. The van der Waals surface area contributed by atoms with Crippen LogP contribution in [-0.2, 0) is 0 Å². The van der Waals surface area contributed by atoms with Crippen LogP contribution in [0.5, 0.6) is 11.5 Å². The Hall–Kier alpha value is -2.64. The first-order valence-electron chi connectivity index (χ1n) is 10.1. The van der Waals surface area contributed by atoms with Gasteiger partial charge in [-0.15, -0.1) is 0 Å². The van der Waals surface area contributed by atoms with E-state index in [0.717, 1.165) is 6.54 Å². The maximum Gasteiger partial charge on any atom is 0.253 e. The van der Waals surface area contributed by atoms with Crippen LogP contribution in [0, 0.1) is 5.82 Å². The number of likely N-dealkylation sites (N-methyl/N-ethyl adjacent to an activating group) is 1. The van der Waals surface area contributed by atoms with Gasteiger partial charge >= 0.3 is 0 Å². The summed E-state index contributed by atoms with van der Waals surface area (Å²) in [6.07, 6.45) is -0.296. The first-order chi connectivity index (χ1) is 14.2. The summed E-state index contributed by atoms with van der Waals surface area (Å²) in [6, 6.07) is 12.8. The normalized spacial score (nSPS) is 21.5. The SMILES string of the molecule is CN(C)CCOc1ccc(C(=O)N2CC[C@](C)(O)[C@@H](Oc3cccc(F)c3)C2)cc1. The minimum absolute atomic E-state index is 0.141. The van der Waals surface area contributed by atoms with Crippen molar-refractivity contribution >= 4 is 5.91 Å². The van der Waals surface area contributed by atoms with Crippen molar-refractivity contribution in [2.24, 2.45) is 0 Å². The lowest BCUT2D eigenvalue weighted by molar-refractivity contribution is -0.0882. The lowest BCUT2D eigenvalue weighted by Crippen LogP contribution is -2.57. The van der Waals surface area contributed by atoms with Gasteiger partial charge in [0.25, 0.3) is 5.91 Å². The van der Waals surface area contributed by atoms with Gasteiger partial charge in [0, 0.05) is 24.7 Å². The second kappa shape index (κ2) is 9.45. The van der Waals surface area contributed by atoms with E-state index in [2.05, 4.69) is 0 Å². The Bertz CT molecular complexity index is 855. The van der Waals surface area contributed by atoms with Gasteiger partial charge < -0.3 is 24.4 Å². The van der Waals surface area contributed by atoms with Crippen molar-refractivity contribution in [3.63, 3.8) is 0 Å². The number of carbonyl (C=O) groups excluding carboxylic acids is 1. The second-order valence-corrected chi connectivity index (χ2v) is 8.10. The zero-order valence-corrected chi connectivity index (χ0v) is 17.7. The van der Waals surface area contributed by atoms with Gasteiger partial charge in [0.15, 0.2) is 0 Å². The second-order valence-electron chi connectivity index (χ2n) is 8.10. The fourth-order valence-electron chi connectivity index (χ4n) is 3.29. The van der Waals surface area contributed by atoms with Gasteiger partial charge in [-0.25, -0.2) is 4.39 Å². The lowest BCUT2D eigenvalue weighted by Gasteiger charge is -2.42. The van der Waals surface area contributed by atoms with Crippen molar-refractivity contribution in [1.29, 1.82) is 0 Å². The monoisotopic (exact) mass is 416 g/mol. The van der Waals surface area contributed by atoms with E-state index >= 15 is 0 Å². The predicted molar refractivity (Wildman–Crippen MR) is 112 cm³/mol. The number of ether oxygens (including phenoxy) is 2. The van der Waals surface area contributed by atoms with Gasteiger partial charge in [0.1, 0.15) is 35.6 Å². The zero-order chi connectivity index (χ0) is 21.7. The van der Waals surface area contributed by atoms with E-state index < -0.39 is 17.5 Å². The van der Waals surface area contributed by atoms with Crippen LogP contribution < -0.4 is 9.47 Å². The number of amides is 1. The van der Waals surface area contributed by atoms with Crippen LogP contribution in [0.15, 0.2) is 48.5 Å². The summed E-state index contributed by atoms with van der Waals surface area (Å²) in [5.41, 5.74) is -0.575. The molecule has 30 heavy (non-hydrogen) atoms. The highest BCUT2D eigenvalue weighted by molar-refractivity contribution is 5.94. The molecule has 0 aromatic heterocycles. The number of nitrogens with zero attached hydrogens (tertiary/aromatic N) is 2. The number of carbonyl (C=O) groups is 1. The summed E-state index contributed by atoms with van der Waals surface area (Å²) in [7, 11) is 3.96. The van der Waals surface area contributed by atoms with Crippen molar-refractivity contribution in [2.45, 2.75) is 25.0 Å². The fourth-order valence-corrected chi connectivity index (χ4v) is 3.29. The molecule has 1 saturated heterocycles. The summed E-state index contributed by atoms with van der Waals surface area (Å²) in [4.78, 5) is 16.6. The van der Waals surface area contributed by atoms with Gasteiger partial charge in [-0.05, 0) is 63.8 Å². The highest BCUT2D eigenvalue weighted by Gasteiger charge is 2.41. The Morgan fingerprint density at radius 2 is 1.97 bits per heavy atom. The summed E-state index contributed by atoms with van der Waals surface area (Å²) in [5, 5.41) is 10.7. The predicted octanol–water partition coefficient (Wildman–Crippen LogP) is 2.81. The Kier molecular flexibility index (Phi) is 6.95. The maximum atomic E-state index is 13.5. The molecule has 0 spiro atoms. The third-order valence-electron chi connectivity index (χ3n) is 5.24. The fraction of sp³-hybridized carbons (Fsp3) is 0.435. The molecule has 2 aromatic rings. The van der Waals surface area contributed by atoms with Crippen molar-refractivity contribution in [1.82, 2.24) is 9.80 Å². The summed E-state index contributed by atoms with van der Waals surface area (Å²) >= 11 is 0. The molecule has 1 aliphatic rings. The minimum Gasteiger partial charge on any atom is -0.492 e. The van der Waals surface area contributed by atoms with Gasteiger partial charge in [-0.1, -0.05) is 6.07 Å². The van der Waals surface area contributed by atoms with Crippen molar-refractivity contribution in [3.05, 3.63) is 59.9 Å². The number of rotatable bonds is 7. The molecule has 6 nitrogen and oxygen atoms in total. The number of piperidine rings is 1. The lowest BCUT2D eigenvalue weighted by atomic mass is 9.90.